The molecule has 148 valence electrons. The molecule has 0 spiro atoms. The number of carbonyl (C=O) groups excluding carboxylic acids is 1. The summed E-state index contributed by atoms with van der Waals surface area (Å²) < 4.78 is 28.5. The van der Waals surface area contributed by atoms with E-state index >= 15 is 0 Å². The van der Waals surface area contributed by atoms with Crippen LogP contribution in [0.1, 0.15) is 24.5 Å². The molecule has 1 N–H and O–H groups in total. The van der Waals surface area contributed by atoms with Crippen LogP contribution in [0.2, 0.25) is 5.02 Å². The Morgan fingerprint density at radius 3 is 1.93 bits per heavy atom. The highest BCUT2D eigenvalue weighted by atomic mass is 35.5. The van der Waals surface area contributed by atoms with Crippen LogP contribution in [-0.2, 0) is 24.2 Å². The summed E-state index contributed by atoms with van der Waals surface area (Å²) in [5.74, 6) is -1.94. The first kappa shape index (κ1) is 21.7. The van der Waals surface area contributed by atoms with Crippen LogP contribution in [0.25, 0.3) is 5.57 Å². The number of benzene rings is 2. The minimum atomic E-state index is -3.40. The number of carbonyl (C=O) groups is 2. The van der Waals surface area contributed by atoms with E-state index in [0.717, 1.165) is 6.26 Å². The molecular formula is C20H19ClO6S. The summed E-state index contributed by atoms with van der Waals surface area (Å²) in [5, 5.41) is 9.77. The highest BCUT2D eigenvalue weighted by Gasteiger charge is 2.22. The summed E-state index contributed by atoms with van der Waals surface area (Å²) in [5.41, 5.74) is 1.35. The smallest absolute Gasteiger partial charge is 0.335 e. The van der Waals surface area contributed by atoms with Crippen LogP contribution < -0.4 is 0 Å². The molecule has 2 rings (SSSR count). The van der Waals surface area contributed by atoms with Gasteiger partial charge in [0.15, 0.2) is 9.84 Å². The van der Waals surface area contributed by atoms with Gasteiger partial charge in [0, 0.05) is 11.3 Å². The van der Waals surface area contributed by atoms with Crippen molar-refractivity contribution in [2.24, 2.45) is 0 Å². The van der Waals surface area contributed by atoms with Gasteiger partial charge >= 0.3 is 11.9 Å². The fourth-order valence-corrected chi connectivity index (χ4v) is 3.39. The Morgan fingerprint density at radius 1 is 1.00 bits per heavy atom. The van der Waals surface area contributed by atoms with Crippen molar-refractivity contribution in [3.8, 4) is 0 Å². The van der Waals surface area contributed by atoms with Gasteiger partial charge in [-0.3, -0.25) is 4.79 Å². The van der Waals surface area contributed by atoms with Crippen LogP contribution in [0.3, 0.4) is 0 Å². The summed E-state index contributed by atoms with van der Waals surface area (Å²) in [4.78, 5) is 24.0. The zero-order valence-corrected chi connectivity index (χ0v) is 16.9. The summed E-state index contributed by atoms with van der Waals surface area (Å²) in [6.07, 6.45) is 0.539. The molecule has 0 amide bonds. The third-order valence-electron chi connectivity index (χ3n) is 3.86. The Labute approximate surface area is 168 Å². The molecule has 2 aromatic rings. The van der Waals surface area contributed by atoms with Gasteiger partial charge in [0.25, 0.3) is 0 Å². The van der Waals surface area contributed by atoms with E-state index in [1.54, 1.807) is 31.2 Å². The van der Waals surface area contributed by atoms with E-state index in [1.165, 1.54) is 24.3 Å². The molecule has 0 saturated heterocycles. The Morgan fingerprint density at radius 2 is 1.50 bits per heavy atom. The van der Waals surface area contributed by atoms with Gasteiger partial charge in [-0.2, -0.15) is 0 Å². The summed E-state index contributed by atoms with van der Waals surface area (Å²) in [6, 6.07) is 12.4. The number of sulfone groups is 1. The van der Waals surface area contributed by atoms with Gasteiger partial charge in [-0.25, -0.2) is 13.2 Å². The molecule has 0 aliphatic rings. The van der Waals surface area contributed by atoms with Crippen LogP contribution in [0, 0.1) is 0 Å². The lowest BCUT2D eigenvalue weighted by Crippen LogP contribution is -2.14. The minimum Gasteiger partial charge on any atom is -0.481 e. The molecule has 28 heavy (non-hydrogen) atoms. The quantitative estimate of drug-likeness (QED) is 0.541. The third kappa shape index (κ3) is 5.43. The molecule has 2 aromatic carbocycles. The Bertz CT molecular complexity index is 1010. The van der Waals surface area contributed by atoms with Crippen LogP contribution in [0.15, 0.2) is 59.0 Å². The molecule has 0 aromatic heterocycles. The van der Waals surface area contributed by atoms with Gasteiger partial charge in [-0.15, -0.1) is 0 Å². The second kappa shape index (κ2) is 9.03. The van der Waals surface area contributed by atoms with Gasteiger partial charge in [-0.1, -0.05) is 35.9 Å². The molecule has 0 unspecified atom stereocenters. The first-order chi connectivity index (χ1) is 13.1. The number of rotatable bonds is 7. The zero-order valence-electron chi connectivity index (χ0n) is 15.3. The molecule has 0 fully saturated rings. The predicted octanol–water partition coefficient (Wildman–Crippen LogP) is 3.58. The van der Waals surface area contributed by atoms with Crippen LogP contribution in [0.4, 0.5) is 0 Å². The molecule has 0 aliphatic carbocycles. The van der Waals surface area contributed by atoms with Crippen molar-refractivity contribution in [2.45, 2.75) is 18.2 Å². The van der Waals surface area contributed by atoms with Crippen molar-refractivity contribution < 1.29 is 27.9 Å². The van der Waals surface area contributed by atoms with E-state index in [2.05, 4.69) is 0 Å². The average molecular weight is 423 g/mol. The topological polar surface area (TPSA) is 97.7 Å². The number of aliphatic carboxylic acids is 1. The number of ether oxygens (including phenoxy) is 1. The maximum absolute atomic E-state index is 12.5. The minimum absolute atomic E-state index is 0.0382. The van der Waals surface area contributed by atoms with Crippen molar-refractivity contribution in [2.75, 3.05) is 12.9 Å². The number of halogens is 1. The van der Waals surface area contributed by atoms with Crippen molar-refractivity contribution >= 4 is 38.9 Å². The van der Waals surface area contributed by atoms with E-state index in [1.807, 2.05) is 0 Å². The molecule has 0 radical (unpaired) electrons. The number of hydrogen-bond acceptors (Lipinski definition) is 5. The lowest BCUT2D eigenvalue weighted by molar-refractivity contribution is -0.142. The van der Waals surface area contributed by atoms with Crippen LogP contribution >= 0.6 is 11.6 Å². The lowest BCUT2D eigenvalue weighted by Gasteiger charge is -2.15. The molecule has 6 nitrogen and oxygen atoms in total. The number of hydrogen-bond donors (Lipinski definition) is 1. The molecule has 0 heterocycles. The number of carboxylic acids is 1. The molecule has 0 bridgehead atoms. The standard InChI is InChI=1S/C20H19ClO6S/c1-3-27-20(24)17(12-18(22)23)19(13-4-8-15(21)9-5-13)14-6-10-16(11-7-14)28(2,25)26/h4-11H,3,12H2,1-2H3,(H,22,23)/b19-17+. The Kier molecular flexibility index (Phi) is 6.99. The zero-order chi connectivity index (χ0) is 20.9. The van der Waals surface area contributed by atoms with Gasteiger partial charge in [-0.05, 0) is 47.9 Å². The fraction of sp³-hybridized carbons (Fsp3) is 0.200. The van der Waals surface area contributed by atoms with Crippen molar-refractivity contribution in [1.82, 2.24) is 0 Å². The highest BCUT2D eigenvalue weighted by molar-refractivity contribution is 7.90. The summed E-state index contributed by atoms with van der Waals surface area (Å²) in [7, 11) is -3.40. The summed E-state index contributed by atoms with van der Waals surface area (Å²) >= 11 is 5.94. The second-order valence-electron chi connectivity index (χ2n) is 5.95. The van der Waals surface area contributed by atoms with Crippen molar-refractivity contribution in [3.05, 3.63) is 70.3 Å². The predicted molar refractivity (Wildman–Crippen MR) is 106 cm³/mol. The second-order valence-corrected chi connectivity index (χ2v) is 8.40. The fourth-order valence-electron chi connectivity index (χ4n) is 2.63. The first-order valence-corrected chi connectivity index (χ1v) is 10.6. The van der Waals surface area contributed by atoms with Crippen molar-refractivity contribution in [3.63, 3.8) is 0 Å². The lowest BCUT2D eigenvalue weighted by atomic mass is 9.91. The van der Waals surface area contributed by atoms with Gasteiger partial charge in [0.2, 0.25) is 0 Å². The number of carboxylic acid groups (broad SMARTS) is 1. The van der Waals surface area contributed by atoms with Crippen LogP contribution in [0.5, 0.6) is 0 Å². The monoisotopic (exact) mass is 422 g/mol. The van der Waals surface area contributed by atoms with E-state index in [-0.39, 0.29) is 17.1 Å². The molecule has 8 heteroatoms. The molecule has 0 saturated carbocycles. The molecular weight excluding hydrogens is 404 g/mol. The summed E-state index contributed by atoms with van der Waals surface area (Å²) in [6.45, 7) is 1.71. The SMILES string of the molecule is CCOC(=O)/C(CC(=O)O)=C(\c1ccc(Cl)cc1)c1ccc(S(C)(=O)=O)cc1. The Hall–Kier alpha value is -2.64. The van der Waals surface area contributed by atoms with Crippen LogP contribution in [-0.4, -0.2) is 38.3 Å². The maximum atomic E-state index is 12.5. The first-order valence-electron chi connectivity index (χ1n) is 8.32. The molecule has 0 atom stereocenters. The molecule has 0 aliphatic heterocycles. The van der Waals surface area contributed by atoms with E-state index < -0.39 is 28.2 Å². The Balaban J connectivity index is 2.75. The van der Waals surface area contributed by atoms with Gasteiger partial charge < -0.3 is 9.84 Å². The largest absolute Gasteiger partial charge is 0.481 e. The highest BCUT2D eigenvalue weighted by Crippen LogP contribution is 2.31. The van der Waals surface area contributed by atoms with Gasteiger partial charge in [0.05, 0.1) is 23.5 Å². The average Bonchev–Trinajstić information content (AvgIpc) is 2.62. The third-order valence-corrected chi connectivity index (χ3v) is 5.24. The van der Waals surface area contributed by atoms with Gasteiger partial charge in [0.1, 0.15) is 0 Å². The normalized spacial score (nSPS) is 12.2. The maximum Gasteiger partial charge on any atom is 0.335 e. The van der Waals surface area contributed by atoms with E-state index in [9.17, 15) is 23.1 Å². The van der Waals surface area contributed by atoms with E-state index in [0.29, 0.717) is 21.7 Å². The number of esters is 1. The van der Waals surface area contributed by atoms with E-state index in [4.69, 9.17) is 16.3 Å². The van der Waals surface area contributed by atoms with Crippen molar-refractivity contribution in [1.29, 1.82) is 0 Å².